The molecule has 6 nitrogen and oxygen atoms in total. The quantitative estimate of drug-likeness (QED) is 0.556. The molecular formula is C27H26N4O2. The predicted molar refractivity (Wildman–Crippen MR) is 130 cm³/mol. The highest BCUT2D eigenvalue weighted by Gasteiger charge is 2.27. The van der Waals surface area contributed by atoms with Crippen molar-refractivity contribution in [1.82, 2.24) is 9.88 Å². The summed E-state index contributed by atoms with van der Waals surface area (Å²) in [6, 6.07) is 17.9. The molecule has 0 radical (unpaired) electrons. The number of rotatable bonds is 7. The third-order valence-electron chi connectivity index (χ3n) is 5.97. The molecule has 0 spiro atoms. The number of benzene rings is 2. The van der Waals surface area contributed by atoms with Crippen LogP contribution in [0.25, 0.3) is 0 Å². The summed E-state index contributed by atoms with van der Waals surface area (Å²) in [7, 11) is 4.05. The molecule has 2 aliphatic rings. The van der Waals surface area contributed by atoms with Crippen LogP contribution in [-0.2, 0) is 6.42 Å². The van der Waals surface area contributed by atoms with Crippen molar-refractivity contribution in [2.75, 3.05) is 27.2 Å². The van der Waals surface area contributed by atoms with Gasteiger partial charge in [0.05, 0.1) is 11.4 Å². The van der Waals surface area contributed by atoms with E-state index in [4.69, 9.17) is 14.7 Å². The molecule has 1 aliphatic heterocycles. The third-order valence-corrected chi connectivity index (χ3v) is 5.97. The summed E-state index contributed by atoms with van der Waals surface area (Å²) in [6.07, 6.45) is 4.58. The zero-order valence-corrected chi connectivity index (χ0v) is 18.9. The standard InChI is InChI=1S/C27H26N4O2/c1-31(2)15-16-33-22-7-3-19(4-8-22)27-29-25(18-11-13-28-14-12-18)26(30-27)21-5-9-23-20(17-21)6-10-24(23)32/h3-5,7-9,11-14,17,27H,6,10,15-16H2,1-2H3. The zero-order valence-electron chi connectivity index (χ0n) is 18.9. The van der Waals surface area contributed by atoms with Gasteiger partial charge in [0.25, 0.3) is 0 Å². The molecule has 0 fully saturated rings. The monoisotopic (exact) mass is 438 g/mol. The number of carbonyl (C=O) groups excluding carboxylic acids is 1. The molecule has 2 aromatic carbocycles. The lowest BCUT2D eigenvalue weighted by atomic mass is 9.97. The molecule has 0 saturated heterocycles. The Labute approximate surface area is 193 Å². The molecular weight excluding hydrogens is 412 g/mol. The number of aliphatic imine (C=N–C) groups is 2. The number of fused-ring (bicyclic) bond motifs is 1. The van der Waals surface area contributed by atoms with Crippen LogP contribution in [0.4, 0.5) is 0 Å². The van der Waals surface area contributed by atoms with E-state index in [-0.39, 0.29) is 11.9 Å². The van der Waals surface area contributed by atoms with Crippen LogP contribution in [0.5, 0.6) is 5.75 Å². The molecule has 1 aromatic heterocycles. The molecule has 6 heteroatoms. The van der Waals surface area contributed by atoms with Crippen LogP contribution >= 0.6 is 0 Å². The first-order valence-electron chi connectivity index (χ1n) is 11.2. The van der Waals surface area contributed by atoms with Crippen molar-refractivity contribution in [2.45, 2.75) is 19.0 Å². The van der Waals surface area contributed by atoms with Gasteiger partial charge in [0.1, 0.15) is 12.4 Å². The highest BCUT2D eigenvalue weighted by Crippen LogP contribution is 2.31. The summed E-state index contributed by atoms with van der Waals surface area (Å²) < 4.78 is 5.82. The number of Topliss-reactive ketones (excluding diaryl/α,β-unsaturated/α-hetero) is 1. The lowest BCUT2D eigenvalue weighted by Crippen LogP contribution is -2.19. The molecule has 1 unspecified atom stereocenters. The molecule has 5 rings (SSSR count). The lowest BCUT2D eigenvalue weighted by Gasteiger charge is -2.11. The van der Waals surface area contributed by atoms with Gasteiger partial charge in [-0.3, -0.25) is 19.8 Å². The minimum Gasteiger partial charge on any atom is -0.492 e. The molecule has 0 N–H and O–H groups in total. The van der Waals surface area contributed by atoms with Gasteiger partial charge in [-0.1, -0.05) is 24.3 Å². The summed E-state index contributed by atoms with van der Waals surface area (Å²) in [5, 5.41) is 0. The van der Waals surface area contributed by atoms with Crippen molar-refractivity contribution in [3.05, 3.63) is 94.8 Å². The fourth-order valence-electron chi connectivity index (χ4n) is 4.16. The first-order valence-corrected chi connectivity index (χ1v) is 11.2. The van der Waals surface area contributed by atoms with Crippen molar-refractivity contribution in [1.29, 1.82) is 0 Å². The van der Waals surface area contributed by atoms with Gasteiger partial charge < -0.3 is 9.64 Å². The summed E-state index contributed by atoms with van der Waals surface area (Å²) >= 11 is 0. The lowest BCUT2D eigenvalue weighted by molar-refractivity contribution is 0.0994. The number of hydrogen-bond donors (Lipinski definition) is 0. The van der Waals surface area contributed by atoms with Gasteiger partial charge in [0, 0.05) is 42.0 Å². The highest BCUT2D eigenvalue weighted by molar-refractivity contribution is 6.54. The maximum absolute atomic E-state index is 12.1. The van der Waals surface area contributed by atoms with E-state index < -0.39 is 0 Å². The summed E-state index contributed by atoms with van der Waals surface area (Å²) in [5.74, 6) is 1.06. The van der Waals surface area contributed by atoms with Gasteiger partial charge in [-0.05, 0) is 62.0 Å². The van der Waals surface area contributed by atoms with Crippen LogP contribution in [0.2, 0.25) is 0 Å². The number of carbonyl (C=O) groups is 1. The van der Waals surface area contributed by atoms with E-state index in [0.717, 1.165) is 58.0 Å². The predicted octanol–water partition coefficient (Wildman–Crippen LogP) is 4.14. The maximum atomic E-state index is 12.1. The average Bonchev–Trinajstić information content (AvgIpc) is 3.44. The van der Waals surface area contributed by atoms with E-state index >= 15 is 0 Å². The molecule has 33 heavy (non-hydrogen) atoms. The number of ether oxygens (including phenoxy) is 1. The molecule has 0 saturated carbocycles. The second-order valence-electron chi connectivity index (χ2n) is 8.58. The topological polar surface area (TPSA) is 67.2 Å². The fraction of sp³-hybridized carbons (Fsp3) is 0.259. The number of hydrogen-bond acceptors (Lipinski definition) is 6. The summed E-state index contributed by atoms with van der Waals surface area (Å²) in [6.45, 7) is 1.51. The largest absolute Gasteiger partial charge is 0.492 e. The molecule has 1 atom stereocenters. The maximum Gasteiger partial charge on any atom is 0.166 e. The Morgan fingerprint density at radius 1 is 0.909 bits per heavy atom. The molecule has 166 valence electrons. The van der Waals surface area contributed by atoms with Gasteiger partial charge in [-0.25, -0.2) is 0 Å². The Morgan fingerprint density at radius 3 is 2.36 bits per heavy atom. The molecule has 0 amide bonds. The second-order valence-corrected chi connectivity index (χ2v) is 8.58. The number of aromatic nitrogens is 1. The van der Waals surface area contributed by atoms with Crippen LogP contribution < -0.4 is 4.74 Å². The smallest absolute Gasteiger partial charge is 0.166 e. The average molecular weight is 439 g/mol. The highest BCUT2D eigenvalue weighted by atomic mass is 16.5. The molecule has 3 aromatic rings. The third kappa shape index (κ3) is 4.47. The van der Waals surface area contributed by atoms with Crippen molar-refractivity contribution >= 4 is 17.2 Å². The van der Waals surface area contributed by atoms with Crippen molar-refractivity contribution in [3.8, 4) is 5.75 Å². The van der Waals surface area contributed by atoms with E-state index in [1.165, 1.54) is 0 Å². The number of likely N-dealkylation sites (N-methyl/N-ethyl adjacent to an activating group) is 1. The first kappa shape index (κ1) is 21.2. The minimum absolute atomic E-state index is 0.221. The van der Waals surface area contributed by atoms with Crippen LogP contribution in [0.3, 0.4) is 0 Å². The van der Waals surface area contributed by atoms with Crippen molar-refractivity contribution < 1.29 is 9.53 Å². The van der Waals surface area contributed by atoms with E-state index in [2.05, 4.69) is 16.0 Å². The van der Waals surface area contributed by atoms with Gasteiger partial charge in [-0.2, -0.15) is 0 Å². The Hall–Kier alpha value is -3.64. The van der Waals surface area contributed by atoms with Crippen LogP contribution in [-0.4, -0.2) is 54.3 Å². The Bertz CT molecular complexity index is 1230. The zero-order chi connectivity index (χ0) is 22.8. The molecule has 1 aliphatic carbocycles. The van der Waals surface area contributed by atoms with Gasteiger partial charge in [0.2, 0.25) is 0 Å². The number of aryl methyl sites for hydroxylation is 1. The van der Waals surface area contributed by atoms with Crippen LogP contribution in [0.1, 0.15) is 45.2 Å². The van der Waals surface area contributed by atoms with E-state index in [0.29, 0.717) is 13.0 Å². The first-order chi connectivity index (χ1) is 16.1. The van der Waals surface area contributed by atoms with E-state index in [1.54, 1.807) is 12.4 Å². The number of ketones is 1. The van der Waals surface area contributed by atoms with Gasteiger partial charge >= 0.3 is 0 Å². The Kier molecular flexibility index (Phi) is 5.84. The fourth-order valence-corrected chi connectivity index (χ4v) is 4.16. The minimum atomic E-state index is -0.325. The summed E-state index contributed by atoms with van der Waals surface area (Å²) in [5.41, 5.74) is 6.60. The Balaban J connectivity index is 1.45. The Morgan fingerprint density at radius 2 is 1.64 bits per heavy atom. The summed E-state index contributed by atoms with van der Waals surface area (Å²) in [4.78, 5) is 28.3. The van der Waals surface area contributed by atoms with Gasteiger partial charge in [0.15, 0.2) is 11.9 Å². The van der Waals surface area contributed by atoms with Crippen molar-refractivity contribution in [3.63, 3.8) is 0 Å². The number of pyridine rings is 1. The SMILES string of the molecule is CN(C)CCOc1ccc(C2N=C(c3ccncc3)C(c3ccc4c(c3)CCC4=O)=N2)cc1. The van der Waals surface area contributed by atoms with E-state index in [9.17, 15) is 4.79 Å². The molecule has 0 bridgehead atoms. The normalized spacial score (nSPS) is 17.2. The van der Waals surface area contributed by atoms with Crippen LogP contribution in [0, 0.1) is 0 Å². The van der Waals surface area contributed by atoms with Crippen LogP contribution in [0.15, 0.2) is 77.0 Å². The second kappa shape index (κ2) is 9.08. The van der Waals surface area contributed by atoms with Crippen molar-refractivity contribution in [2.24, 2.45) is 9.98 Å². The van der Waals surface area contributed by atoms with E-state index in [1.807, 2.05) is 62.6 Å². The number of nitrogens with zero attached hydrogens (tertiary/aromatic N) is 4. The van der Waals surface area contributed by atoms with Gasteiger partial charge in [-0.15, -0.1) is 0 Å². The molecule has 2 heterocycles.